The van der Waals surface area contributed by atoms with Gasteiger partial charge in [-0.2, -0.15) is 0 Å². The van der Waals surface area contributed by atoms with Gasteiger partial charge >= 0.3 is 6.09 Å². The Bertz CT molecular complexity index is 419. The maximum absolute atomic E-state index is 12.5. The standard InChI is InChI=1S/C21H44N2O2/c1-12-17(16(4)21(10,11)22)20(8,9)15(3)14-23(13-2)18(24)25-19(5,6)7/h15-17H,12-14,22H2,1-11H3. The molecule has 0 aromatic heterocycles. The van der Waals surface area contributed by atoms with E-state index in [0.29, 0.717) is 30.8 Å². The minimum Gasteiger partial charge on any atom is -0.444 e. The summed E-state index contributed by atoms with van der Waals surface area (Å²) in [5, 5.41) is 0. The molecule has 0 aliphatic rings. The van der Waals surface area contributed by atoms with Gasteiger partial charge in [-0.05, 0) is 64.7 Å². The van der Waals surface area contributed by atoms with E-state index in [9.17, 15) is 4.79 Å². The van der Waals surface area contributed by atoms with Crippen LogP contribution in [0.3, 0.4) is 0 Å². The van der Waals surface area contributed by atoms with Gasteiger partial charge in [0.05, 0.1) is 0 Å². The molecule has 0 aliphatic carbocycles. The van der Waals surface area contributed by atoms with Crippen molar-refractivity contribution in [3.05, 3.63) is 0 Å². The summed E-state index contributed by atoms with van der Waals surface area (Å²) in [6.07, 6.45) is 0.857. The Morgan fingerprint density at radius 1 is 1.04 bits per heavy atom. The molecule has 4 nitrogen and oxygen atoms in total. The first-order valence-electron chi connectivity index (χ1n) is 9.84. The van der Waals surface area contributed by atoms with Crippen molar-refractivity contribution in [1.29, 1.82) is 0 Å². The third-order valence-corrected chi connectivity index (χ3v) is 5.97. The molecule has 0 saturated heterocycles. The van der Waals surface area contributed by atoms with Gasteiger partial charge in [-0.1, -0.05) is 41.0 Å². The van der Waals surface area contributed by atoms with Crippen LogP contribution in [0.1, 0.15) is 82.6 Å². The Balaban J connectivity index is 5.26. The summed E-state index contributed by atoms with van der Waals surface area (Å²) in [6.45, 7) is 24.7. The zero-order valence-corrected chi connectivity index (χ0v) is 18.7. The van der Waals surface area contributed by atoms with Gasteiger partial charge in [0.2, 0.25) is 0 Å². The Kier molecular flexibility index (Phi) is 8.48. The van der Waals surface area contributed by atoms with Crippen molar-refractivity contribution in [1.82, 2.24) is 4.90 Å². The molecule has 150 valence electrons. The number of nitrogens with zero attached hydrogens (tertiary/aromatic N) is 1. The second kappa shape index (κ2) is 8.75. The molecule has 4 heteroatoms. The number of carbonyl (C=O) groups excluding carboxylic acids is 1. The fraction of sp³-hybridized carbons (Fsp3) is 0.952. The Morgan fingerprint density at radius 2 is 1.52 bits per heavy atom. The molecular formula is C21H44N2O2. The number of rotatable bonds is 8. The molecule has 25 heavy (non-hydrogen) atoms. The highest BCUT2D eigenvalue weighted by Crippen LogP contribution is 2.44. The van der Waals surface area contributed by atoms with Gasteiger partial charge in [0.15, 0.2) is 0 Å². The summed E-state index contributed by atoms with van der Waals surface area (Å²) in [5.41, 5.74) is 5.80. The lowest BCUT2D eigenvalue weighted by Crippen LogP contribution is -2.50. The van der Waals surface area contributed by atoms with Gasteiger partial charge in [-0.25, -0.2) is 4.79 Å². The first-order valence-corrected chi connectivity index (χ1v) is 9.84. The van der Waals surface area contributed by atoms with Crippen molar-refractivity contribution >= 4 is 6.09 Å². The normalized spacial score (nSPS) is 17.0. The van der Waals surface area contributed by atoms with E-state index in [0.717, 1.165) is 6.42 Å². The predicted octanol–water partition coefficient (Wildman–Crippen LogP) is 5.31. The number of hydrogen-bond donors (Lipinski definition) is 1. The van der Waals surface area contributed by atoms with Crippen LogP contribution in [0.2, 0.25) is 0 Å². The van der Waals surface area contributed by atoms with Crippen molar-refractivity contribution in [3.8, 4) is 0 Å². The molecule has 0 saturated carbocycles. The second-order valence-corrected chi connectivity index (χ2v) is 9.87. The molecule has 0 bridgehead atoms. The van der Waals surface area contributed by atoms with E-state index < -0.39 is 5.60 Å². The van der Waals surface area contributed by atoms with E-state index in [4.69, 9.17) is 10.5 Å². The highest BCUT2D eigenvalue weighted by atomic mass is 16.6. The molecule has 3 unspecified atom stereocenters. The highest BCUT2D eigenvalue weighted by molar-refractivity contribution is 5.68. The van der Waals surface area contributed by atoms with Crippen molar-refractivity contribution in [2.75, 3.05) is 13.1 Å². The topological polar surface area (TPSA) is 55.6 Å². The van der Waals surface area contributed by atoms with Crippen LogP contribution in [0.15, 0.2) is 0 Å². The zero-order chi connectivity index (χ0) is 20.2. The maximum Gasteiger partial charge on any atom is 0.410 e. The van der Waals surface area contributed by atoms with E-state index in [1.54, 1.807) is 0 Å². The molecule has 0 aromatic carbocycles. The zero-order valence-electron chi connectivity index (χ0n) is 18.7. The second-order valence-electron chi connectivity index (χ2n) is 9.87. The molecule has 0 radical (unpaired) electrons. The van der Waals surface area contributed by atoms with Gasteiger partial charge < -0.3 is 15.4 Å². The summed E-state index contributed by atoms with van der Waals surface area (Å²) in [7, 11) is 0. The van der Waals surface area contributed by atoms with Crippen LogP contribution in [-0.4, -0.2) is 35.2 Å². The molecule has 0 spiro atoms. The van der Waals surface area contributed by atoms with Crippen LogP contribution < -0.4 is 5.73 Å². The molecule has 0 heterocycles. The number of ether oxygens (including phenoxy) is 1. The SMILES string of the molecule is CCC(C(C)C(C)(C)N)C(C)(C)C(C)CN(CC)C(=O)OC(C)(C)C. The number of nitrogens with two attached hydrogens (primary N) is 1. The van der Waals surface area contributed by atoms with E-state index in [2.05, 4.69) is 48.5 Å². The third kappa shape index (κ3) is 7.16. The lowest BCUT2D eigenvalue weighted by molar-refractivity contribution is 0.00538. The summed E-state index contributed by atoms with van der Waals surface area (Å²) in [4.78, 5) is 14.3. The Hall–Kier alpha value is -0.770. The van der Waals surface area contributed by atoms with Gasteiger partial charge in [-0.3, -0.25) is 0 Å². The lowest BCUT2D eigenvalue weighted by Gasteiger charge is -2.47. The van der Waals surface area contributed by atoms with Crippen LogP contribution in [0.4, 0.5) is 4.79 Å². The number of amides is 1. The smallest absolute Gasteiger partial charge is 0.410 e. The molecule has 0 fully saturated rings. The summed E-state index contributed by atoms with van der Waals surface area (Å²) >= 11 is 0. The fourth-order valence-corrected chi connectivity index (χ4v) is 3.63. The molecule has 0 rings (SSSR count). The molecule has 0 aromatic rings. The number of hydrogen-bond acceptors (Lipinski definition) is 3. The average molecular weight is 357 g/mol. The molecular weight excluding hydrogens is 312 g/mol. The minimum atomic E-state index is -0.465. The van der Waals surface area contributed by atoms with E-state index in [1.807, 2.05) is 32.6 Å². The Labute approximate surface area is 156 Å². The van der Waals surface area contributed by atoms with Crippen molar-refractivity contribution < 1.29 is 9.53 Å². The summed E-state index contributed by atoms with van der Waals surface area (Å²) in [5.74, 6) is 1.22. The summed E-state index contributed by atoms with van der Waals surface area (Å²) < 4.78 is 5.56. The Morgan fingerprint density at radius 3 is 1.84 bits per heavy atom. The first kappa shape index (κ1) is 24.2. The van der Waals surface area contributed by atoms with E-state index in [1.165, 1.54) is 0 Å². The quantitative estimate of drug-likeness (QED) is 0.641. The van der Waals surface area contributed by atoms with Gasteiger partial charge in [0.25, 0.3) is 0 Å². The lowest BCUT2D eigenvalue weighted by atomic mass is 9.61. The molecule has 3 atom stereocenters. The van der Waals surface area contributed by atoms with E-state index in [-0.39, 0.29) is 17.0 Å². The molecule has 0 aliphatic heterocycles. The maximum atomic E-state index is 12.5. The van der Waals surface area contributed by atoms with Gasteiger partial charge in [0, 0.05) is 18.6 Å². The van der Waals surface area contributed by atoms with Crippen LogP contribution in [0, 0.1) is 23.2 Å². The number of carbonyl (C=O) groups is 1. The van der Waals surface area contributed by atoms with Gasteiger partial charge in [0.1, 0.15) is 5.60 Å². The fourth-order valence-electron chi connectivity index (χ4n) is 3.63. The van der Waals surface area contributed by atoms with Crippen molar-refractivity contribution in [3.63, 3.8) is 0 Å². The minimum absolute atomic E-state index is 0.0697. The van der Waals surface area contributed by atoms with E-state index >= 15 is 0 Å². The monoisotopic (exact) mass is 356 g/mol. The van der Waals surface area contributed by atoms with Gasteiger partial charge in [-0.15, -0.1) is 0 Å². The largest absolute Gasteiger partial charge is 0.444 e. The van der Waals surface area contributed by atoms with Crippen LogP contribution in [-0.2, 0) is 4.74 Å². The van der Waals surface area contributed by atoms with Crippen molar-refractivity contribution in [2.24, 2.45) is 28.9 Å². The third-order valence-electron chi connectivity index (χ3n) is 5.97. The summed E-state index contributed by atoms with van der Waals surface area (Å²) in [6, 6.07) is 0. The predicted molar refractivity (Wildman–Crippen MR) is 108 cm³/mol. The highest BCUT2D eigenvalue weighted by Gasteiger charge is 2.41. The molecule has 1 amide bonds. The van der Waals surface area contributed by atoms with Crippen LogP contribution in [0.5, 0.6) is 0 Å². The van der Waals surface area contributed by atoms with Crippen LogP contribution >= 0.6 is 0 Å². The average Bonchev–Trinajstić information content (AvgIpc) is 2.41. The van der Waals surface area contributed by atoms with Crippen LogP contribution in [0.25, 0.3) is 0 Å². The molecule has 2 N–H and O–H groups in total. The first-order chi connectivity index (χ1) is 11.1. The van der Waals surface area contributed by atoms with Crippen molar-refractivity contribution in [2.45, 2.75) is 93.7 Å².